The number of rotatable bonds is 3. The smallest absolute Gasteiger partial charge is 0.168 e. The Morgan fingerprint density at radius 3 is 2.47 bits per heavy atom. The van der Waals surface area contributed by atoms with Gasteiger partial charge in [-0.15, -0.1) is 0 Å². The van der Waals surface area contributed by atoms with Gasteiger partial charge in [-0.05, 0) is 39.7 Å². The monoisotopic (exact) mass is 308 g/mol. The molecule has 0 aliphatic rings. The summed E-state index contributed by atoms with van der Waals surface area (Å²) in [4.78, 5) is 12.1. The van der Waals surface area contributed by atoms with E-state index in [1.165, 1.54) is 0 Å². The van der Waals surface area contributed by atoms with E-state index in [-0.39, 0.29) is 5.78 Å². The third-order valence-electron chi connectivity index (χ3n) is 2.44. The van der Waals surface area contributed by atoms with E-state index in [0.717, 1.165) is 10.0 Å². The Morgan fingerprint density at radius 1 is 1.12 bits per heavy atom. The van der Waals surface area contributed by atoms with E-state index in [1.807, 2.05) is 30.3 Å². The van der Waals surface area contributed by atoms with Crippen molar-refractivity contribution in [3.05, 3.63) is 69.2 Å². The molecule has 0 unspecified atom stereocenters. The fraction of sp³-hybridized carbons (Fsp3) is 0.0714. The Labute approximate surface area is 114 Å². The molecule has 2 aromatic rings. The Kier molecular flexibility index (Phi) is 3.97. The van der Waals surface area contributed by atoms with Crippen LogP contribution in [0.25, 0.3) is 0 Å². The fourth-order valence-corrected chi connectivity index (χ4v) is 2.50. The van der Waals surface area contributed by atoms with Crippen LogP contribution in [0.15, 0.2) is 53.0 Å². The second-order valence-electron chi connectivity index (χ2n) is 3.71. The molecule has 0 saturated heterocycles. The molecular formula is C14H10BrClO. The molecule has 0 atom stereocenters. The van der Waals surface area contributed by atoms with Crippen molar-refractivity contribution in [3.63, 3.8) is 0 Å². The van der Waals surface area contributed by atoms with E-state index in [9.17, 15) is 4.79 Å². The normalized spacial score (nSPS) is 10.2. The molecule has 17 heavy (non-hydrogen) atoms. The number of hydrogen-bond acceptors (Lipinski definition) is 1. The molecule has 0 N–H and O–H groups in total. The van der Waals surface area contributed by atoms with E-state index < -0.39 is 0 Å². The topological polar surface area (TPSA) is 17.1 Å². The van der Waals surface area contributed by atoms with Crippen molar-refractivity contribution in [1.82, 2.24) is 0 Å². The summed E-state index contributed by atoms with van der Waals surface area (Å²) >= 11 is 9.20. The highest BCUT2D eigenvalue weighted by Crippen LogP contribution is 2.22. The lowest BCUT2D eigenvalue weighted by atomic mass is 10.0. The lowest BCUT2D eigenvalue weighted by molar-refractivity contribution is 0.0992. The van der Waals surface area contributed by atoms with Crippen molar-refractivity contribution in [2.45, 2.75) is 6.42 Å². The number of Topliss-reactive ketones (excluding diaryl/α,β-unsaturated/α-hetero) is 1. The molecule has 2 aromatic carbocycles. The van der Waals surface area contributed by atoms with Crippen LogP contribution in [0.4, 0.5) is 0 Å². The van der Waals surface area contributed by atoms with Crippen LogP contribution < -0.4 is 0 Å². The lowest BCUT2D eigenvalue weighted by Gasteiger charge is -2.04. The van der Waals surface area contributed by atoms with E-state index in [0.29, 0.717) is 17.0 Å². The quantitative estimate of drug-likeness (QED) is 0.761. The number of carbonyl (C=O) groups is 1. The van der Waals surface area contributed by atoms with Gasteiger partial charge in [0.2, 0.25) is 0 Å². The van der Waals surface area contributed by atoms with Gasteiger partial charge in [-0.25, -0.2) is 0 Å². The highest BCUT2D eigenvalue weighted by Gasteiger charge is 2.10. The summed E-state index contributed by atoms with van der Waals surface area (Å²) in [6, 6.07) is 14.9. The zero-order valence-corrected chi connectivity index (χ0v) is 11.3. The third-order valence-corrected chi connectivity index (χ3v) is 3.33. The third kappa shape index (κ3) is 3.18. The van der Waals surface area contributed by atoms with Crippen molar-refractivity contribution < 1.29 is 4.79 Å². The molecule has 1 nitrogen and oxygen atoms in total. The first-order chi connectivity index (χ1) is 8.16. The fourth-order valence-electron chi connectivity index (χ4n) is 1.59. The summed E-state index contributed by atoms with van der Waals surface area (Å²) in [5, 5.41) is 0.619. The molecule has 0 fully saturated rings. The molecule has 86 valence electrons. The number of carbonyl (C=O) groups excluding carboxylic acids is 1. The molecule has 2 rings (SSSR count). The van der Waals surface area contributed by atoms with Crippen LogP contribution in [0.2, 0.25) is 5.02 Å². The molecule has 0 aromatic heterocycles. The molecule has 0 bridgehead atoms. The summed E-state index contributed by atoms with van der Waals surface area (Å²) in [6.45, 7) is 0. The van der Waals surface area contributed by atoms with Gasteiger partial charge in [-0.2, -0.15) is 0 Å². The molecule has 0 radical (unpaired) electrons. The molecule has 3 heteroatoms. The van der Waals surface area contributed by atoms with Gasteiger partial charge in [-0.1, -0.05) is 41.9 Å². The van der Waals surface area contributed by atoms with Crippen LogP contribution in [0, 0.1) is 0 Å². The Bertz CT molecular complexity index is 537. The first-order valence-corrected chi connectivity index (χ1v) is 6.36. The number of benzene rings is 2. The van der Waals surface area contributed by atoms with Crippen LogP contribution in [-0.4, -0.2) is 5.78 Å². The van der Waals surface area contributed by atoms with Gasteiger partial charge in [0.15, 0.2) is 5.78 Å². The minimum atomic E-state index is 0.0831. The zero-order valence-electron chi connectivity index (χ0n) is 8.99. The average molecular weight is 310 g/mol. The predicted octanol–water partition coefficient (Wildman–Crippen LogP) is 4.53. The van der Waals surface area contributed by atoms with E-state index in [2.05, 4.69) is 15.9 Å². The van der Waals surface area contributed by atoms with Gasteiger partial charge < -0.3 is 0 Å². The Morgan fingerprint density at radius 2 is 1.82 bits per heavy atom. The molecule has 0 heterocycles. The van der Waals surface area contributed by atoms with Crippen LogP contribution in [0.1, 0.15) is 15.9 Å². The summed E-state index contributed by atoms with van der Waals surface area (Å²) < 4.78 is 0.742. The standard InChI is InChI=1S/C14H10BrClO/c15-13-9-11(16)6-7-12(13)14(17)8-10-4-2-1-3-5-10/h1-7,9H,8H2. The van der Waals surface area contributed by atoms with Crippen molar-refractivity contribution in [1.29, 1.82) is 0 Å². The minimum Gasteiger partial charge on any atom is -0.294 e. The van der Waals surface area contributed by atoms with Crippen LogP contribution >= 0.6 is 27.5 Å². The molecule has 0 spiro atoms. The molecule has 0 saturated carbocycles. The van der Waals surface area contributed by atoms with Gasteiger partial charge in [-0.3, -0.25) is 4.79 Å². The van der Waals surface area contributed by atoms with Crippen molar-refractivity contribution in [3.8, 4) is 0 Å². The maximum Gasteiger partial charge on any atom is 0.168 e. The van der Waals surface area contributed by atoms with Crippen molar-refractivity contribution in [2.24, 2.45) is 0 Å². The second kappa shape index (κ2) is 5.48. The van der Waals surface area contributed by atoms with Crippen molar-refractivity contribution >= 4 is 33.3 Å². The van der Waals surface area contributed by atoms with Gasteiger partial charge in [0, 0.05) is 21.5 Å². The van der Waals surface area contributed by atoms with Crippen LogP contribution in [0.5, 0.6) is 0 Å². The molecule has 0 aliphatic carbocycles. The molecular weight excluding hydrogens is 300 g/mol. The highest BCUT2D eigenvalue weighted by molar-refractivity contribution is 9.10. The number of ketones is 1. The maximum atomic E-state index is 12.1. The summed E-state index contributed by atoms with van der Waals surface area (Å²) in [5.41, 5.74) is 1.68. The van der Waals surface area contributed by atoms with Gasteiger partial charge in [0.05, 0.1) is 0 Å². The van der Waals surface area contributed by atoms with Crippen LogP contribution in [-0.2, 0) is 6.42 Å². The SMILES string of the molecule is O=C(Cc1ccccc1)c1ccc(Cl)cc1Br. The summed E-state index contributed by atoms with van der Waals surface area (Å²) in [7, 11) is 0. The number of halogens is 2. The van der Waals surface area contributed by atoms with Gasteiger partial charge >= 0.3 is 0 Å². The highest BCUT2D eigenvalue weighted by atomic mass is 79.9. The Hall–Kier alpha value is -1.12. The molecule has 0 amide bonds. The van der Waals surface area contributed by atoms with Crippen molar-refractivity contribution in [2.75, 3.05) is 0 Å². The average Bonchev–Trinajstić information content (AvgIpc) is 2.30. The predicted molar refractivity (Wildman–Crippen MR) is 73.6 cm³/mol. The van der Waals surface area contributed by atoms with Gasteiger partial charge in [0.1, 0.15) is 0 Å². The lowest BCUT2D eigenvalue weighted by Crippen LogP contribution is -2.04. The first-order valence-electron chi connectivity index (χ1n) is 5.19. The van der Waals surface area contributed by atoms with E-state index in [4.69, 9.17) is 11.6 Å². The summed E-state index contributed by atoms with van der Waals surface area (Å²) in [5.74, 6) is 0.0831. The first kappa shape index (κ1) is 12.3. The van der Waals surface area contributed by atoms with E-state index in [1.54, 1.807) is 18.2 Å². The van der Waals surface area contributed by atoms with Crippen LogP contribution in [0.3, 0.4) is 0 Å². The Balaban J connectivity index is 2.21. The van der Waals surface area contributed by atoms with E-state index >= 15 is 0 Å². The zero-order chi connectivity index (χ0) is 12.3. The minimum absolute atomic E-state index is 0.0831. The maximum absolute atomic E-state index is 12.1. The van der Waals surface area contributed by atoms with Gasteiger partial charge in [0.25, 0.3) is 0 Å². The molecule has 0 aliphatic heterocycles. The summed E-state index contributed by atoms with van der Waals surface area (Å²) in [6.07, 6.45) is 0.404. The largest absolute Gasteiger partial charge is 0.294 e. The number of hydrogen-bond donors (Lipinski definition) is 0. The second-order valence-corrected chi connectivity index (χ2v) is 5.00.